The first-order valence-electron chi connectivity index (χ1n) is 30.7. The maximum absolute atomic E-state index is 13.1. The lowest BCUT2D eigenvalue weighted by molar-refractivity contribution is -0.302. The van der Waals surface area contributed by atoms with Crippen LogP contribution in [0, 0.1) is 0 Å². The fourth-order valence-corrected chi connectivity index (χ4v) is 9.82. The topological polar surface area (TPSA) is 149 Å². The molecule has 9 nitrogen and oxygen atoms in total. The van der Waals surface area contributed by atoms with Crippen LogP contribution in [0.4, 0.5) is 0 Å². The van der Waals surface area contributed by atoms with Crippen LogP contribution >= 0.6 is 0 Å². The minimum atomic E-state index is -1.57. The number of unbranched alkanes of at least 4 members (excludes halogenated alkanes) is 39. The van der Waals surface area contributed by atoms with Gasteiger partial charge < -0.3 is 40.3 Å². The normalized spacial score (nSPS) is 19.5. The number of hydrogen-bond donors (Lipinski definition) is 6. The molecular weight excluding hydrogens is 887 g/mol. The number of aliphatic hydroxyl groups excluding tert-OH is 5. The van der Waals surface area contributed by atoms with Crippen molar-refractivity contribution in [2.24, 2.45) is 0 Å². The van der Waals surface area contributed by atoms with Crippen molar-refractivity contribution in [3.05, 3.63) is 36.5 Å². The smallest absolute Gasteiger partial charge is 0.220 e. The van der Waals surface area contributed by atoms with Gasteiger partial charge in [0.15, 0.2) is 6.29 Å². The summed E-state index contributed by atoms with van der Waals surface area (Å²) in [5.41, 5.74) is 0. The summed E-state index contributed by atoms with van der Waals surface area (Å²) in [5, 5.41) is 54.5. The van der Waals surface area contributed by atoms with Gasteiger partial charge in [0.05, 0.1) is 25.4 Å². The molecule has 7 atom stereocenters. The molecule has 71 heavy (non-hydrogen) atoms. The number of hydrogen-bond acceptors (Lipinski definition) is 8. The van der Waals surface area contributed by atoms with E-state index in [-0.39, 0.29) is 12.5 Å². The monoisotopic (exact) mass is 1000 g/mol. The van der Waals surface area contributed by atoms with Gasteiger partial charge in [0.25, 0.3) is 0 Å². The molecule has 0 radical (unpaired) electrons. The molecule has 1 fully saturated rings. The molecule has 0 aromatic heterocycles. The fourth-order valence-electron chi connectivity index (χ4n) is 9.82. The van der Waals surface area contributed by atoms with Crippen LogP contribution in [0.2, 0.25) is 0 Å². The van der Waals surface area contributed by atoms with Gasteiger partial charge in [0, 0.05) is 6.42 Å². The van der Waals surface area contributed by atoms with Crippen molar-refractivity contribution in [2.75, 3.05) is 13.2 Å². The Balaban J connectivity index is 2.20. The van der Waals surface area contributed by atoms with E-state index in [2.05, 4.69) is 43.5 Å². The molecule has 0 spiro atoms. The van der Waals surface area contributed by atoms with Crippen molar-refractivity contribution >= 4 is 5.91 Å². The molecule has 1 rings (SSSR count). The van der Waals surface area contributed by atoms with Crippen LogP contribution in [-0.2, 0) is 14.3 Å². The highest BCUT2D eigenvalue weighted by Gasteiger charge is 2.44. The predicted octanol–water partition coefficient (Wildman–Crippen LogP) is 15.5. The number of carbonyl (C=O) groups is 1. The molecule has 418 valence electrons. The minimum absolute atomic E-state index is 0.186. The predicted molar refractivity (Wildman–Crippen MR) is 300 cm³/mol. The molecule has 1 heterocycles. The Morgan fingerprint density at radius 2 is 0.803 bits per heavy atom. The number of rotatable bonds is 53. The first-order chi connectivity index (χ1) is 34.8. The largest absolute Gasteiger partial charge is 0.394 e. The molecule has 1 aliphatic rings. The zero-order chi connectivity index (χ0) is 51.5. The molecule has 1 aliphatic heterocycles. The van der Waals surface area contributed by atoms with Crippen molar-refractivity contribution in [1.82, 2.24) is 5.32 Å². The SMILES string of the molecule is CCCCCCCC/C=C\CCCCCCCCCCCC(=O)NC(COC1OC(CO)C(O)C(O)C1O)C(O)/C=C/CC/C=C/CCCCCCCCCCCCCCCCCCCCCCCCC. The van der Waals surface area contributed by atoms with Gasteiger partial charge in [-0.15, -0.1) is 0 Å². The van der Waals surface area contributed by atoms with Gasteiger partial charge in [-0.1, -0.05) is 269 Å². The standard InChI is InChI=1S/C62H117NO8/c1-3-5-7-9-11-13-15-17-19-21-23-24-25-26-27-28-29-30-31-32-34-35-37-39-41-43-45-47-49-51-56(65)55(54-70-62-61(69)60(68)59(67)57(53-64)71-62)63-58(66)52-50-48-46-44-42-40-38-36-33-22-20-18-16-14-12-10-8-6-4-2/h18,20,41,43,49,51,55-57,59-62,64-65,67-69H,3-17,19,21-40,42,44-48,50,52-54H2,1-2H3,(H,63,66)/b20-18-,43-41+,51-49+. The molecule has 0 aromatic carbocycles. The van der Waals surface area contributed by atoms with Crippen LogP contribution in [-0.4, -0.2) is 87.5 Å². The molecular formula is C62H117NO8. The lowest BCUT2D eigenvalue weighted by Crippen LogP contribution is -2.60. The first kappa shape index (κ1) is 67.4. The van der Waals surface area contributed by atoms with Gasteiger partial charge in [-0.2, -0.15) is 0 Å². The highest BCUT2D eigenvalue weighted by molar-refractivity contribution is 5.76. The molecule has 0 aliphatic carbocycles. The Hall–Kier alpha value is -1.59. The fraction of sp³-hybridized carbons (Fsp3) is 0.887. The third-order valence-electron chi connectivity index (χ3n) is 14.7. The van der Waals surface area contributed by atoms with Gasteiger partial charge in [0.2, 0.25) is 5.91 Å². The molecule has 9 heteroatoms. The van der Waals surface area contributed by atoms with Gasteiger partial charge in [-0.25, -0.2) is 0 Å². The number of nitrogens with one attached hydrogen (secondary N) is 1. The zero-order valence-corrected chi connectivity index (χ0v) is 46.5. The average Bonchev–Trinajstić information content (AvgIpc) is 3.37. The third-order valence-corrected chi connectivity index (χ3v) is 14.7. The van der Waals surface area contributed by atoms with E-state index in [9.17, 15) is 30.3 Å². The summed E-state index contributed by atoms with van der Waals surface area (Å²) in [4.78, 5) is 13.1. The van der Waals surface area contributed by atoms with Gasteiger partial charge in [-0.3, -0.25) is 4.79 Å². The van der Waals surface area contributed by atoms with Crippen molar-refractivity contribution in [1.29, 1.82) is 0 Å². The highest BCUT2D eigenvalue weighted by atomic mass is 16.7. The van der Waals surface area contributed by atoms with E-state index in [1.807, 2.05) is 6.08 Å². The van der Waals surface area contributed by atoms with Crippen LogP contribution in [0.1, 0.15) is 296 Å². The lowest BCUT2D eigenvalue weighted by atomic mass is 9.99. The van der Waals surface area contributed by atoms with Crippen molar-refractivity contribution in [3.8, 4) is 0 Å². The molecule has 0 saturated carbocycles. The average molecular weight is 1000 g/mol. The molecule has 1 amide bonds. The lowest BCUT2D eigenvalue weighted by Gasteiger charge is -2.40. The van der Waals surface area contributed by atoms with Gasteiger partial charge >= 0.3 is 0 Å². The Morgan fingerprint density at radius 1 is 0.465 bits per heavy atom. The molecule has 0 aromatic rings. The van der Waals surface area contributed by atoms with E-state index in [0.717, 1.165) is 38.5 Å². The van der Waals surface area contributed by atoms with Crippen molar-refractivity contribution < 1.29 is 39.8 Å². The van der Waals surface area contributed by atoms with Gasteiger partial charge in [0.1, 0.15) is 24.4 Å². The highest BCUT2D eigenvalue weighted by Crippen LogP contribution is 2.23. The van der Waals surface area contributed by atoms with E-state index >= 15 is 0 Å². The molecule has 7 unspecified atom stereocenters. The summed E-state index contributed by atoms with van der Waals surface area (Å²) in [6, 6.07) is -0.823. The van der Waals surface area contributed by atoms with Crippen LogP contribution < -0.4 is 5.32 Å². The van der Waals surface area contributed by atoms with E-state index in [4.69, 9.17) is 9.47 Å². The maximum atomic E-state index is 13.1. The number of carbonyl (C=O) groups excluding carboxylic acids is 1. The number of amides is 1. The van der Waals surface area contributed by atoms with E-state index < -0.39 is 49.5 Å². The zero-order valence-electron chi connectivity index (χ0n) is 46.5. The summed E-state index contributed by atoms with van der Waals surface area (Å²) in [6.07, 6.45) is 60.9. The van der Waals surface area contributed by atoms with E-state index in [1.165, 1.54) is 238 Å². The van der Waals surface area contributed by atoms with E-state index in [0.29, 0.717) is 6.42 Å². The summed E-state index contributed by atoms with van der Waals surface area (Å²) in [6.45, 7) is 3.79. The van der Waals surface area contributed by atoms with Crippen LogP contribution in [0.3, 0.4) is 0 Å². The second-order valence-corrected chi connectivity index (χ2v) is 21.5. The summed E-state index contributed by atoms with van der Waals surface area (Å²) in [5.74, 6) is -0.186. The van der Waals surface area contributed by atoms with Crippen molar-refractivity contribution in [2.45, 2.75) is 339 Å². The summed E-state index contributed by atoms with van der Waals surface area (Å²) in [7, 11) is 0. The Morgan fingerprint density at radius 3 is 1.18 bits per heavy atom. The Kier molecular flexibility index (Phi) is 49.3. The van der Waals surface area contributed by atoms with E-state index in [1.54, 1.807) is 6.08 Å². The first-order valence-corrected chi connectivity index (χ1v) is 30.7. The quantitative estimate of drug-likeness (QED) is 0.0261. The Bertz CT molecular complexity index is 1210. The third kappa shape index (κ3) is 41.4. The van der Waals surface area contributed by atoms with Crippen LogP contribution in [0.25, 0.3) is 0 Å². The second kappa shape index (κ2) is 51.9. The van der Waals surface area contributed by atoms with Crippen LogP contribution in [0.5, 0.6) is 0 Å². The van der Waals surface area contributed by atoms with Crippen molar-refractivity contribution in [3.63, 3.8) is 0 Å². The van der Waals surface area contributed by atoms with Crippen LogP contribution in [0.15, 0.2) is 36.5 Å². The summed E-state index contributed by atoms with van der Waals surface area (Å²) >= 11 is 0. The van der Waals surface area contributed by atoms with Gasteiger partial charge in [-0.05, 0) is 57.8 Å². The number of allylic oxidation sites excluding steroid dienone is 5. The molecule has 0 bridgehead atoms. The maximum Gasteiger partial charge on any atom is 0.220 e. The minimum Gasteiger partial charge on any atom is -0.394 e. The molecule has 1 saturated heterocycles. The molecule has 6 N–H and O–H groups in total. The summed E-state index contributed by atoms with van der Waals surface area (Å²) < 4.78 is 11.3. The second-order valence-electron chi connectivity index (χ2n) is 21.5. The Labute approximate surface area is 438 Å². The number of aliphatic hydroxyl groups is 5. The number of ether oxygens (including phenoxy) is 2.